The summed E-state index contributed by atoms with van der Waals surface area (Å²) in [6.45, 7) is 3.93. The molecule has 1 N–H and O–H groups in total. The van der Waals surface area contributed by atoms with Crippen molar-refractivity contribution in [2.75, 3.05) is 19.8 Å². The average molecular weight is 301 g/mol. The number of carbonyl (C=O) groups is 1. The van der Waals surface area contributed by atoms with Crippen molar-refractivity contribution in [3.63, 3.8) is 0 Å². The van der Waals surface area contributed by atoms with E-state index in [0.717, 1.165) is 25.0 Å². The number of ether oxygens (including phenoxy) is 1. The van der Waals surface area contributed by atoms with Gasteiger partial charge in [-0.1, -0.05) is 37.3 Å². The predicted octanol–water partition coefficient (Wildman–Crippen LogP) is 3.22. The van der Waals surface area contributed by atoms with Crippen molar-refractivity contribution in [1.82, 2.24) is 5.32 Å². The molecule has 0 fully saturated rings. The Bertz CT molecular complexity index is 563. The second-order valence-corrected chi connectivity index (χ2v) is 5.08. The summed E-state index contributed by atoms with van der Waals surface area (Å²) >= 11 is 0. The van der Waals surface area contributed by atoms with E-state index in [1.165, 1.54) is 5.56 Å². The van der Waals surface area contributed by atoms with E-state index in [4.69, 9.17) is 9.15 Å². The van der Waals surface area contributed by atoms with Gasteiger partial charge >= 0.3 is 0 Å². The van der Waals surface area contributed by atoms with Gasteiger partial charge in [-0.25, -0.2) is 0 Å². The number of nitrogens with one attached hydrogen (secondary N) is 1. The highest BCUT2D eigenvalue weighted by molar-refractivity contribution is 5.91. The fourth-order valence-corrected chi connectivity index (χ4v) is 2.09. The van der Waals surface area contributed by atoms with Gasteiger partial charge in [0.2, 0.25) is 0 Å². The van der Waals surface area contributed by atoms with Crippen LogP contribution in [-0.2, 0) is 17.6 Å². The van der Waals surface area contributed by atoms with Crippen molar-refractivity contribution in [3.8, 4) is 0 Å². The highest BCUT2D eigenvalue weighted by atomic mass is 16.5. The molecule has 2 aromatic rings. The van der Waals surface area contributed by atoms with Gasteiger partial charge in [-0.05, 0) is 30.5 Å². The van der Waals surface area contributed by atoms with Crippen molar-refractivity contribution in [1.29, 1.82) is 0 Å². The molecule has 0 saturated heterocycles. The molecule has 1 aromatic carbocycles. The van der Waals surface area contributed by atoms with Crippen molar-refractivity contribution in [2.45, 2.75) is 26.2 Å². The fraction of sp³-hybridized carbons (Fsp3) is 0.389. The summed E-state index contributed by atoms with van der Waals surface area (Å²) < 4.78 is 11.0. The van der Waals surface area contributed by atoms with E-state index >= 15 is 0 Å². The van der Waals surface area contributed by atoms with Gasteiger partial charge in [-0.2, -0.15) is 0 Å². The summed E-state index contributed by atoms with van der Waals surface area (Å²) in [5, 5.41) is 2.83. The SMILES string of the molecule is CCc1ccc(C(=O)NCCCOCCc2ccccc2)o1. The minimum atomic E-state index is -0.163. The minimum absolute atomic E-state index is 0.163. The first kappa shape index (κ1) is 16.3. The summed E-state index contributed by atoms with van der Waals surface area (Å²) in [5.74, 6) is 1.04. The van der Waals surface area contributed by atoms with Gasteiger partial charge in [0.25, 0.3) is 5.91 Å². The van der Waals surface area contributed by atoms with Crippen molar-refractivity contribution in [2.24, 2.45) is 0 Å². The van der Waals surface area contributed by atoms with Crippen LogP contribution in [0, 0.1) is 0 Å². The number of hydrogen-bond donors (Lipinski definition) is 1. The van der Waals surface area contributed by atoms with E-state index in [9.17, 15) is 4.79 Å². The average Bonchev–Trinajstić information content (AvgIpc) is 3.04. The number of hydrogen-bond acceptors (Lipinski definition) is 3. The Morgan fingerprint density at radius 1 is 1.14 bits per heavy atom. The maximum atomic E-state index is 11.8. The molecule has 2 rings (SSSR count). The molecule has 1 heterocycles. The van der Waals surface area contributed by atoms with Crippen LogP contribution in [0.5, 0.6) is 0 Å². The zero-order valence-corrected chi connectivity index (χ0v) is 13.0. The van der Waals surface area contributed by atoms with E-state index in [1.807, 2.05) is 31.2 Å². The first-order valence-electron chi connectivity index (χ1n) is 7.78. The van der Waals surface area contributed by atoms with Gasteiger partial charge in [0.1, 0.15) is 5.76 Å². The monoisotopic (exact) mass is 301 g/mol. The quantitative estimate of drug-likeness (QED) is 0.724. The maximum Gasteiger partial charge on any atom is 0.286 e. The van der Waals surface area contributed by atoms with E-state index in [1.54, 1.807) is 6.07 Å². The lowest BCUT2D eigenvalue weighted by atomic mass is 10.2. The second-order valence-electron chi connectivity index (χ2n) is 5.08. The van der Waals surface area contributed by atoms with Gasteiger partial charge < -0.3 is 14.5 Å². The van der Waals surface area contributed by atoms with Crippen molar-refractivity contribution < 1.29 is 13.9 Å². The molecule has 0 unspecified atom stereocenters. The highest BCUT2D eigenvalue weighted by Crippen LogP contribution is 2.08. The van der Waals surface area contributed by atoms with Crippen LogP contribution in [0.15, 0.2) is 46.9 Å². The lowest BCUT2D eigenvalue weighted by Gasteiger charge is -2.05. The van der Waals surface area contributed by atoms with Crippen LogP contribution in [-0.4, -0.2) is 25.7 Å². The smallest absolute Gasteiger partial charge is 0.286 e. The molecule has 0 radical (unpaired) electrons. The van der Waals surface area contributed by atoms with Gasteiger partial charge in [-0.3, -0.25) is 4.79 Å². The first-order valence-corrected chi connectivity index (χ1v) is 7.78. The van der Waals surface area contributed by atoms with Gasteiger partial charge in [0.15, 0.2) is 5.76 Å². The second kappa shape index (κ2) is 9.05. The van der Waals surface area contributed by atoms with Crippen LogP contribution in [0.1, 0.15) is 35.2 Å². The normalized spacial score (nSPS) is 10.6. The summed E-state index contributed by atoms with van der Waals surface area (Å²) in [5.41, 5.74) is 1.28. The summed E-state index contributed by atoms with van der Waals surface area (Å²) in [6.07, 6.45) is 2.50. The van der Waals surface area contributed by atoms with Gasteiger partial charge in [0, 0.05) is 19.6 Å². The number of amides is 1. The molecule has 1 aromatic heterocycles. The molecular formula is C18H23NO3. The van der Waals surface area contributed by atoms with E-state index in [-0.39, 0.29) is 5.91 Å². The third kappa shape index (κ3) is 5.37. The Labute approximate surface area is 131 Å². The molecule has 0 atom stereocenters. The molecule has 0 bridgehead atoms. The maximum absolute atomic E-state index is 11.8. The zero-order chi connectivity index (χ0) is 15.6. The Morgan fingerprint density at radius 3 is 2.68 bits per heavy atom. The first-order chi connectivity index (χ1) is 10.8. The standard InChI is InChI=1S/C18H23NO3/c1-2-16-9-10-17(22-16)18(20)19-12-6-13-21-14-11-15-7-4-3-5-8-15/h3-5,7-10H,2,6,11-14H2,1H3,(H,19,20). The molecule has 0 spiro atoms. The molecule has 118 valence electrons. The zero-order valence-electron chi connectivity index (χ0n) is 13.0. The molecule has 1 amide bonds. The van der Waals surface area contributed by atoms with Crippen LogP contribution in [0.4, 0.5) is 0 Å². The Morgan fingerprint density at radius 2 is 1.95 bits per heavy atom. The number of benzene rings is 1. The lowest BCUT2D eigenvalue weighted by molar-refractivity contribution is 0.0913. The van der Waals surface area contributed by atoms with E-state index < -0.39 is 0 Å². The van der Waals surface area contributed by atoms with Crippen molar-refractivity contribution in [3.05, 3.63) is 59.5 Å². The fourth-order valence-electron chi connectivity index (χ4n) is 2.09. The number of furan rings is 1. The van der Waals surface area contributed by atoms with Crippen LogP contribution < -0.4 is 5.32 Å². The molecule has 22 heavy (non-hydrogen) atoms. The van der Waals surface area contributed by atoms with E-state index in [0.29, 0.717) is 25.5 Å². The molecule has 0 aliphatic rings. The van der Waals surface area contributed by atoms with Crippen LogP contribution >= 0.6 is 0 Å². The Hall–Kier alpha value is -2.07. The summed E-state index contributed by atoms with van der Waals surface area (Å²) in [4.78, 5) is 11.8. The minimum Gasteiger partial charge on any atom is -0.456 e. The predicted molar refractivity (Wildman–Crippen MR) is 86.0 cm³/mol. The Balaban J connectivity index is 1.53. The summed E-state index contributed by atoms with van der Waals surface area (Å²) in [6, 6.07) is 13.8. The number of rotatable bonds is 9. The van der Waals surface area contributed by atoms with Crippen LogP contribution in [0.3, 0.4) is 0 Å². The molecule has 4 nitrogen and oxygen atoms in total. The lowest BCUT2D eigenvalue weighted by Crippen LogP contribution is -2.24. The molecule has 4 heteroatoms. The number of aryl methyl sites for hydroxylation is 1. The van der Waals surface area contributed by atoms with Crippen LogP contribution in [0.2, 0.25) is 0 Å². The third-order valence-corrected chi connectivity index (χ3v) is 3.36. The summed E-state index contributed by atoms with van der Waals surface area (Å²) in [7, 11) is 0. The number of carbonyl (C=O) groups excluding carboxylic acids is 1. The topological polar surface area (TPSA) is 51.5 Å². The highest BCUT2D eigenvalue weighted by Gasteiger charge is 2.09. The third-order valence-electron chi connectivity index (χ3n) is 3.36. The van der Waals surface area contributed by atoms with E-state index in [2.05, 4.69) is 17.4 Å². The van der Waals surface area contributed by atoms with Gasteiger partial charge in [-0.15, -0.1) is 0 Å². The van der Waals surface area contributed by atoms with Crippen molar-refractivity contribution >= 4 is 5.91 Å². The molecular weight excluding hydrogens is 278 g/mol. The molecule has 0 aliphatic heterocycles. The Kier molecular flexibility index (Phi) is 6.71. The molecule has 0 saturated carbocycles. The largest absolute Gasteiger partial charge is 0.456 e. The van der Waals surface area contributed by atoms with Crippen LogP contribution in [0.25, 0.3) is 0 Å². The van der Waals surface area contributed by atoms with Gasteiger partial charge in [0.05, 0.1) is 6.61 Å². The molecule has 0 aliphatic carbocycles.